The molecule has 7 rings (SSSR count). The Bertz CT molecular complexity index is 1690. The standard InChI is InChI=1S/C35H29N/c1-34(2)29-15-8-6-13-27(29)33-30(34)18-19-32(36-33)24-11-9-10-22(20-24)23-16-17-26-25-12-5-7-14-28(25)35(3,4)31(26)21-23/h5-21H,1-4H3. The first-order chi connectivity index (χ1) is 17.4. The second-order valence-electron chi connectivity index (χ2n) is 11.3. The van der Waals surface area contributed by atoms with Crippen LogP contribution in [0.1, 0.15) is 49.9 Å². The van der Waals surface area contributed by atoms with Crippen molar-refractivity contribution in [2.24, 2.45) is 0 Å². The minimum atomic E-state index is -0.0197. The van der Waals surface area contributed by atoms with E-state index in [0.717, 1.165) is 17.0 Å². The van der Waals surface area contributed by atoms with E-state index in [4.69, 9.17) is 4.98 Å². The molecule has 36 heavy (non-hydrogen) atoms. The number of fused-ring (bicyclic) bond motifs is 6. The first kappa shape index (κ1) is 21.3. The number of rotatable bonds is 2. The number of hydrogen-bond acceptors (Lipinski definition) is 1. The van der Waals surface area contributed by atoms with Gasteiger partial charge < -0.3 is 0 Å². The summed E-state index contributed by atoms with van der Waals surface area (Å²) in [4.78, 5) is 5.20. The number of aromatic nitrogens is 1. The van der Waals surface area contributed by atoms with Gasteiger partial charge in [0.05, 0.1) is 11.4 Å². The van der Waals surface area contributed by atoms with Gasteiger partial charge in [0, 0.05) is 22.0 Å². The van der Waals surface area contributed by atoms with Crippen molar-refractivity contribution in [3.63, 3.8) is 0 Å². The smallest absolute Gasteiger partial charge is 0.0753 e. The van der Waals surface area contributed by atoms with Gasteiger partial charge in [-0.2, -0.15) is 0 Å². The number of pyridine rings is 1. The van der Waals surface area contributed by atoms with Gasteiger partial charge in [0.2, 0.25) is 0 Å². The lowest BCUT2D eigenvalue weighted by atomic mass is 9.81. The fraction of sp³-hybridized carbons (Fsp3) is 0.171. The van der Waals surface area contributed by atoms with Gasteiger partial charge in [-0.05, 0) is 62.7 Å². The molecule has 4 aromatic carbocycles. The molecule has 0 aliphatic heterocycles. The summed E-state index contributed by atoms with van der Waals surface area (Å²) in [6, 6.07) is 37.8. The molecule has 0 amide bonds. The molecule has 0 radical (unpaired) electrons. The van der Waals surface area contributed by atoms with Crippen LogP contribution in [0, 0.1) is 0 Å². The zero-order valence-corrected chi connectivity index (χ0v) is 21.3. The van der Waals surface area contributed by atoms with Gasteiger partial charge in [0.15, 0.2) is 0 Å². The third-order valence-corrected chi connectivity index (χ3v) is 8.50. The van der Waals surface area contributed by atoms with Crippen molar-refractivity contribution in [2.75, 3.05) is 0 Å². The molecule has 0 saturated carbocycles. The Balaban J connectivity index is 1.31. The fourth-order valence-corrected chi connectivity index (χ4v) is 6.45. The summed E-state index contributed by atoms with van der Waals surface area (Å²) >= 11 is 0. The van der Waals surface area contributed by atoms with Crippen molar-refractivity contribution in [1.29, 1.82) is 0 Å². The molecule has 2 aliphatic rings. The van der Waals surface area contributed by atoms with Gasteiger partial charge >= 0.3 is 0 Å². The maximum absolute atomic E-state index is 5.20. The van der Waals surface area contributed by atoms with Crippen molar-refractivity contribution in [1.82, 2.24) is 4.98 Å². The van der Waals surface area contributed by atoms with E-state index in [-0.39, 0.29) is 10.8 Å². The van der Waals surface area contributed by atoms with Gasteiger partial charge in [-0.15, -0.1) is 0 Å². The zero-order valence-electron chi connectivity index (χ0n) is 21.3. The monoisotopic (exact) mass is 463 g/mol. The van der Waals surface area contributed by atoms with E-state index in [2.05, 4.69) is 131 Å². The van der Waals surface area contributed by atoms with Crippen molar-refractivity contribution in [3.8, 4) is 44.8 Å². The Kier molecular flexibility index (Phi) is 4.31. The van der Waals surface area contributed by atoms with Crippen LogP contribution in [0.3, 0.4) is 0 Å². The number of nitrogens with zero attached hydrogens (tertiary/aromatic N) is 1. The second kappa shape index (κ2) is 7.27. The van der Waals surface area contributed by atoms with E-state index in [0.29, 0.717) is 0 Å². The molecule has 1 heteroatoms. The SMILES string of the molecule is CC1(C)c2ccccc2-c2ccc(-c3cccc(-c4ccc5c(n4)-c4ccccc4C5(C)C)c3)cc21. The van der Waals surface area contributed by atoms with Crippen LogP contribution in [0.4, 0.5) is 0 Å². The largest absolute Gasteiger partial charge is 0.247 e. The Hall–Kier alpha value is -3.97. The highest BCUT2D eigenvalue weighted by Gasteiger charge is 2.37. The maximum Gasteiger partial charge on any atom is 0.0753 e. The summed E-state index contributed by atoms with van der Waals surface area (Å²) in [7, 11) is 0. The highest BCUT2D eigenvalue weighted by molar-refractivity contribution is 5.85. The quantitative estimate of drug-likeness (QED) is 0.254. The summed E-state index contributed by atoms with van der Waals surface area (Å²) in [6.07, 6.45) is 0. The van der Waals surface area contributed by atoms with E-state index in [1.807, 2.05) is 0 Å². The van der Waals surface area contributed by atoms with Crippen molar-refractivity contribution < 1.29 is 0 Å². The van der Waals surface area contributed by atoms with Crippen LogP contribution in [0.2, 0.25) is 0 Å². The van der Waals surface area contributed by atoms with Crippen LogP contribution >= 0.6 is 0 Å². The van der Waals surface area contributed by atoms with E-state index in [1.165, 1.54) is 50.1 Å². The number of benzene rings is 4. The molecular weight excluding hydrogens is 434 g/mol. The molecule has 1 nitrogen and oxygen atoms in total. The predicted octanol–water partition coefficient (Wildman–Crippen LogP) is 9.03. The minimum absolute atomic E-state index is 0.00127. The van der Waals surface area contributed by atoms with Crippen LogP contribution in [0.25, 0.3) is 44.8 Å². The summed E-state index contributed by atoms with van der Waals surface area (Å²) < 4.78 is 0. The van der Waals surface area contributed by atoms with Crippen LogP contribution in [-0.2, 0) is 10.8 Å². The molecule has 0 saturated heterocycles. The second-order valence-corrected chi connectivity index (χ2v) is 11.3. The molecule has 0 N–H and O–H groups in total. The highest BCUT2D eigenvalue weighted by Crippen LogP contribution is 2.50. The van der Waals surface area contributed by atoms with E-state index < -0.39 is 0 Å². The highest BCUT2D eigenvalue weighted by atomic mass is 14.7. The van der Waals surface area contributed by atoms with Gasteiger partial charge in [0.1, 0.15) is 0 Å². The van der Waals surface area contributed by atoms with Crippen molar-refractivity contribution >= 4 is 0 Å². The lowest BCUT2D eigenvalue weighted by Crippen LogP contribution is -2.15. The predicted molar refractivity (Wildman–Crippen MR) is 150 cm³/mol. The molecule has 5 aromatic rings. The third kappa shape index (κ3) is 2.86. The summed E-state index contributed by atoms with van der Waals surface area (Å²) in [5, 5.41) is 0. The first-order valence-electron chi connectivity index (χ1n) is 12.8. The minimum Gasteiger partial charge on any atom is -0.247 e. The molecule has 2 aliphatic carbocycles. The normalized spacial score (nSPS) is 15.7. The lowest BCUT2D eigenvalue weighted by molar-refractivity contribution is 0.659. The average Bonchev–Trinajstić information content (AvgIpc) is 3.28. The molecule has 0 fully saturated rings. The van der Waals surface area contributed by atoms with Crippen molar-refractivity contribution in [2.45, 2.75) is 38.5 Å². The van der Waals surface area contributed by atoms with E-state index in [9.17, 15) is 0 Å². The van der Waals surface area contributed by atoms with Crippen molar-refractivity contribution in [3.05, 3.63) is 125 Å². The molecule has 174 valence electrons. The molecule has 1 aromatic heterocycles. The Morgan fingerprint density at radius 1 is 0.444 bits per heavy atom. The van der Waals surface area contributed by atoms with Gasteiger partial charge in [-0.3, -0.25) is 0 Å². The van der Waals surface area contributed by atoms with Gasteiger partial charge in [-0.25, -0.2) is 4.98 Å². The van der Waals surface area contributed by atoms with Gasteiger partial charge in [0.25, 0.3) is 0 Å². The van der Waals surface area contributed by atoms with E-state index in [1.54, 1.807) is 0 Å². The Morgan fingerprint density at radius 2 is 1.06 bits per heavy atom. The van der Waals surface area contributed by atoms with E-state index >= 15 is 0 Å². The Labute approximate surface area is 213 Å². The molecule has 0 atom stereocenters. The lowest BCUT2D eigenvalue weighted by Gasteiger charge is -2.22. The molecule has 1 heterocycles. The molecule has 0 bridgehead atoms. The Morgan fingerprint density at radius 3 is 1.86 bits per heavy atom. The first-order valence-corrected chi connectivity index (χ1v) is 12.8. The average molecular weight is 464 g/mol. The number of hydrogen-bond donors (Lipinski definition) is 0. The van der Waals surface area contributed by atoms with Gasteiger partial charge in [-0.1, -0.05) is 113 Å². The topological polar surface area (TPSA) is 12.9 Å². The molecule has 0 spiro atoms. The van der Waals surface area contributed by atoms with Crippen LogP contribution in [0.5, 0.6) is 0 Å². The van der Waals surface area contributed by atoms with Crippen LogP contribution < -0.4 is 0 Å². The molecular formula is C35H29N. The third-order valence-electron chi connectivity index (χ3n) is 8.50. The summed E-state index contributed by atoms with van der Waals surface area (Å²) in [5.41, 5.74) is 15.2. The summed E-state index contributed by atoms with van der Waals surface area (Å²) in [6.45, 7) is 9.28. The fourth-order valence-electron chi connectivity index (χ4n) is 6.45. The van der Waals surface area contributed by atoms with Crippen LogP contribution in [0.15, 0.2) is 103 Å². The zero-order chi connectivity index (χ0) is 24.7. The molecule has 0 unspecified atom stereocenters. The maximum atomic E-state index is 5.20. The summed E-state index contributed by atoms with van der Waals surface area (Å²) in [5.74, 6) is 0. The van der Waals surface area contributed by atoms with Crippen LogP contribution in [-0.4, -0.2) is 4.98 Å².